The molecule has 0 fully saturated rings. The van der Waals surface area contributed by atoms with Gasteiger partial charge in [0.2, 0.25) is 5.88 Å². The largest absolute Gasteiger partial charge is 0.472 e. The lowest BCUT2D eigenvalue weighted by Gasteiger charge is -2.20. The Morgan fingerprint density at radius 3 is 2.78 bits per heavy atom. The summed E-state index contributed by atoms with van der Waals surface area (Å²) in [7, 11) is 2.05. The van der Waals surface area contributed by atoms with Gasteiger partial charge in [0, 0.05) is 41.9 Å². The molecule has 1 aliphatic rings. The van der Waals surface area contributed by atoms with Crippen molar-refractivity contribution in [3.63, 3.8) is 0 Å². The molecule has 0 spiro atoms. The Kier molecular flexibility index (Phi) is 4.61. The average Bonchev–Trinajstić information content (AvgIpc) is 3.22. The van der Waals surface area contributed by atoms with Gasteiger partial charge in [-0.25, -0.2) is 9.37 Å². The molecule has 0 aliphatic carbocycles. The van der Waals surface area contributed by atoms with Crippen LogP contribution in [0.1, 0.15) is 22.6 Å². The zero-order valence-electron chi connectivity index (χ0n) is 15.7. The van der Waals surface area contributed by atoms with Gasteiger partial charge in [0.15, 0.2) is 0 Å². The number of ether oxygens (including phenoxy) is 1. The maximum absolute atomic E-state index is 13.2. The molecular weight excluding hydrogens is 345 g/mol. The highest BCUT2D eigenvalue weighted by molar-refractivity contribution is 5.62. The Morgan fingerprint density at radius 2 is 2.00 bits per heavy atom. The van der Waals surface area contributed by atoms with E-state index in [1.165, 1.54) is 12.1 Å². The molecule has 4 rings (SSSR count). The van der Waals surface area contributed by atoms with Crippen molar-refractivity contribution in [3.8, 4) is 17.1 Å². The molecule has 3 aromatic rings. The fourth-order valence-electron chi connectivity index (χ4n) is 3.57. The third kappa shape index (κ3) is 3.68. The standard InChI is InChI=1S/C20H22FN5O/c1-12-18-8-17(27-20(18)24-13(2)23-12)11-26(3)10-15-9-22-25-19(15)14-4-6-16(21)7-5-14/h4-7,9,17H,8,10-11H2,1-3H3,(H,22,25)/t17-/m0/s1. The van der Waals surface area contributed by atoms with E-state index >= 15 is 0 Å². The van der Waals surface area contributed by atoms with Crippen LogP contribution in [0.5, 0.6) is 5.88 Å². The van der Waals surface area contributed by atoms with Gasteiger partial charge in [0.25, 0.3) is 0 Å². The van der Waals surface area contributed by atoms with Crippen molar-refractivity contribution in [1.29, 1.82) is 0 Å². The predicted octanol–water partition coefficient (Wildman–Crippen LogP) is 3.06. The van der Waals surface area contributed by atoms with Crippen LogP contribution in [-0.4, -0.2) is 44.8 Å². The molecule has 6 nitrogen and oxygen atoms in total. The number of hydrogen-bond acceptors (Lipinski definition) is 5. The summed E-state index contributed by atoms with van der Waals surface area (Å²) in [6, 6.07) is 6.43. The summed E-state index contributed by atoms with van der Waals surface area (Å²) in [5, 5.41) is 7.18. The Bertz CT molecular complexity index is 954. The van der Waals surface area contributed by atoms with Crippen molar-refractivity contribution in [2.24, 2.45) is 0 Å². The highest BCUT2D eigenvalue weighted by Crippen LogP contribution is 2.29. The Balaban J connectivity index is 1.43. The molecule has 0 amide bonds. The van der Waals surface area contributed by atoms with Crippen LogP contribution < -0.4 is 4.74 Å². The Labute approximate surface area is 157 Å². The Hall–Kier alpha value is -2.80. The molecule has 1 atom stereocenters. The maximum atomic E-state index is 13.2. The second-order valence-electron chi connectivity index (χ2n) is 7.06. The van der Waals surface area contributed by atoms with Crippen LogP contribution in [-0.2, 0) is 13.0 Å². The van der Waals surface area contributed by atoms with E-state index in [4.69, 9.17) is 4.74 Å². The smallest absolute Gasteiger partial charge is 0.220 e. The summed E-state index contributed by atoms with van der Waals surface area (Å²) in [5.41, 5.74) is 5.00. The number of H-pyrrole nitrogens is 1. The molecular formula is C20H22FN5O. The van der Waals surface area contributed by atoms with Gasteiger partial charge in [-0.05, 0) is 45.2 Å². The number of hydrogen-bond donors (Lipinski definition) is 1. The number of aromatic amines is 1. The average molecular weight is 367 g/mol. The van der Waals surface area contributed by atoms with E-state index in [2.05, 4.69) is 32.1 Å². The molecule has 1 aliphatic heterocycles. The lowest BCUT2D eigenvalue weighted by molar-refractivity contribution is 0.161. The second kappa shape index (κ2) is 7.08. The second-order valence-corrected chi connectivity index (χ2v) is 7.06. The minimum Gasteiger partial charge on any atom is -0.472 e. The molecule has 1 N–H and O–H groups in total. The van der Waals surface area contributed by atoms with E-state index in [1.54, 1.807) is 12.1 Å². The van der Waals surface area contributed by atoms with Crippen LogP contribution in [0.25, 0.3) is 11.3 Å². The van der Waals surface area contributed by atoms with E-state index < -0.39 is 0 Å². The summed E-state index contributed by atoms with van der Waals surface area (Å²) in [4.78, 5) is 11.0. The molecule has 0 radical (unpaired) electrons. The highest BCUT2D eigenvalue weighted by atomic mass is 19.1. The fourth-order valence-corrected chi connectivity index (χ4v) is 3.57. The summed E-state index contributed by atoms with van der Waals surface area (Å²) < 4.78 is 19.2. The van der Waals surface area contributed by atoms with Crippen LogP contribution in [0.15, 0.2) is 30.5 Å². The molecule has 0 saturated carbocycles. The van der Waals surface area contributed by atoms with E-state index in [0.29, 0.717) is 12.4 Å². The van der Waals surface area contributed by atoms with Gasteiger partial charge in [-0.15, -0.1) is 0 Å². The van der Waals surface area contributed by atoms with Crippen LogP contribution in [0.3, 0.4) is 0 Å². The van der Waals surface area contributed by atoms with Crippen molar-refractivity contribution in [1.82, 2.24) is 25.1 Å². The summed E-state index contributed by atoms with van der Waals surface area (Å²) in [5.74, 6) is 1.21. The summed E-state index contributed by atoms with van der Waals surface area (Å²) in [6.07, 6.45) is 2.70. The SMILES string of the molecule is Cc1nc(C)c2c(n1)O[C@H](CN(C)Cc1cn[nH]c1-c1ccc(F)cc1)C2. The summed E-state index contributed by atoms with van der Waals surface area (Å²) in [6.45, 7) is 5.36. The molecule has 140 valence electrons. The molecule has 2 aromatic heterocycles. The van der Waals surface area contributed by atoms with Gasteiger partial charge in [-0.2, -0.15) is 10.1 Å². The van der Waals surface area contributed by atoms with Gasteiger partial charge in [0.1, 0.15) is 17.7 Å². The first-order valence-corrected chi connectivity index (χ1v) is 8.97. The lowest BCUT2D eigenvalue weighted by Crippen LogP contribution is -2.31. The van der Waals surface area contributed by atoms with Gasteiger partial charge in [-0.3, -0.25) is 10.00 Å². The van der Waals surface area contributed by atoms with Gasteiger partial charge in [0.05, 0.1) is 11.9 Å². The normalized spacial score (nSPS) is 15.8. The van der Waals surface area contributed by atoms with Crippen LogP contribution in [0.2, 0.25) is 0 Å². The van der Waals surface area contributed by atoms with Crippen molar-refractivity contribution in [2.45, 2.75) is 32.9 Å². The van der Waals surface area contributed by atoms with E-state index in [0.717, 1.165) is 46.9 Å². The molecule has 0 saturated heterocycles. The zero-order chi connectivity index (χ0) is 19.0. The van der Waals surface area contributed by atoms with Crippen molar-refractivity contribution < 1.29 is 9.13 Å². The molecule has 1 aromatic carbocycles. The number of halogens is 1. The molecule has 3 heterocycles. The van der Waals surface area contributed by atoms with Crippen LogP contribution >= 0.6 is 0 Å². The number of rotatable bonds is 5. The third-order valence-electron chi connectivity index (χ3n) is 4.80. The van der Waals surface area contributed by atoms with Gasteiger partial charge >= 0.3 is 0 Å². The zero-order valence-corrected chi connectivity index (χ0v) is 15.7. The predicted molar refractivity (Wildman–Crippen MR) is 99.9 cm³/mol. The third-order valence-corrected chi connectivity index (χ3v) is 4.80. The number of fused-ring (bicyclic) bond motifs is 1. The van der Waals surface area contributed by atoms with Crippen LogP contribution in [0, 0.1) is 19.7 Å². The quantitative estimate of drug-likeness (QED) is 0.751. The monoisotopic (exact) mass is 367 g/mol. The van der Waals surface area contributed by atoms with Crippen molar-refractivity contribution in [3.05, 3.63) is 58.9 Å². The number of aromatic nitrogens is 4. The molecule has 0 bridgehead atoms. The van der Waals surface area contributed by atoms with Gasteiger partial charge < -0.3 is 4.74 Å². The minimum atomic E-state index is -0.247. The number of benzene rings is 1. The number of nitrogens with one attached hydrogen (secondary N) is 1. The first-order chi connectivity index (χ1) is 13.0. The minimum absolute atomic E-state index is 0.0565. The first kappa shape index (κ1) is 17.6. The molecule has 7 heteroatoms. The lowest BCUT2D eigenvalue weighted by atomic mass is 10.1. The molecule has 27 heavy (non-hydrogen) atoms. The van der Waals surface area contributed by atoms with E-state index in [-0.39, 0.29) is 11.9 Å². The topological polar surface area (TPSA) is 66.9 Å². The number of likely N-dealkylation sites (N-methyl/N-ethyl adjacent to an activating group) is 1. The molecule has 0 unspecified atom stereocenters. The fraction of sp³-hybridized carbons (Fsp3) is 0.350. The maximum Gasteiger partial charge on any atom is 0.220 e. The Morgan fingerprint density at radius 1 is 1.22 bits per heavy atom. The highest BCUT2D eigenvalue weighted by Gasteiger charge is 2.28. The van der Waals surface area contributed by atoms with Gasteiger partial charge in [-0.1, -0.05) is 0 Å². The van der Waals surface area contributed by atoms with Crippen molar-refractivity contribution in [2.75, 3.05) is 13.6 Å². The first-order valence-electron chi connectivity index (χ1n) is 8.97. The van der Waals surface area contributed by atoms with E-state index in [1.807, 2.05) is 20.0 Å². The number of nitrogens with zero attached hydrogens (tertiary/aromatic N) is 4. The van der Waals surface area contributed by atoms with Crippen molar-refractivity contribution >= 4 is 0 Å². The number of aryl methyl sites for hydroxylation is 2. The van der Waals surface area contributed by atoms with E-state index in [9.17, 15) is 4.39 Å². The summed E-state index contributed by atoms with van der Waals surface area (Å²) >= 11 is 0. The van der Waals surface area contributed by atoms with Crippen LogP contribution in [0.4, 0.5) is 4.39 Å².